The van der Waals surface area contributed by atoms with E-state index in [0.29, 0.717) is 22.6 Å². The van der Waals surface area contributed by atoms with Gasteiger partial charge in [0, 0.05) is 12.6 Å². The zero-order valence-corrected chi connectivity index (χ0v) is 14.7. The van der Waals surface area contributed by atoms with Gasteiger partial charge in [-0.3, -0.25) is 0 Å². The van der Waals surface area contributed by atoms with Gasteiger partial charge in [-0.05, 0) is 88.1 Å². The van der Waals surface area contributed by atoms with Gasteiger partial charge in [-0.15, -0.1) is 0 Å². The lowest BCUT2D eigenvalue weighted by Gasteiger charge is -2.33. The predicted octanol–water partition coefficient (Wildman–Crippen LogP) is 4.19. The lowest BCUT2D eigenvalue weighted by atomic mass is 9.76. The SMILES string of the molecule is C=S(C)CCCOC1CCC(CC2CCC(N)CC2)CC1. The van der Waals surface area contributed by atoms with Crippen LogP contribution in [-0.4, -0.2) is 36.6 Å². The van der Waals surface area contributed by atoms with Crippen LogP contribution in [0.3, 0.4) is 0 Å². The molecule has 0 bridgehead atoms. The molecule has 0 amide bonds. The van der Waals surface area contributed by atoms with Crippen molar-refractivity contribution in [3.8, 4) is 0 Å². The molecular weight excluding hydrogens is 278 g/mol. The lowest BCUT2D eigenvalue weighted by molar-refractivity contribution is 0.0155. The van der Waals surface area contributed by atoms with Crippen LogP contribution in [0.15, 0.2) is 0 Å². The van der Waals surface area contributed by atoms with Gasteiger partial charge in [0.2, 0.25) is 0 Å². The molecule has 2 fully saturated rings. The number of rotatable bonds is 7. The third-order valence-electron chi connectivity index (χ3n) is 5.34. The van der Waals surface area contributed by atoms with Crippen molar-refractivity contribution in [1.82, 2.24) is 0 Å². The fourth-order valence-electron chi connectivity index (χ4n) is 3.98. The van der Waals surface area contributed by atoms with Crippen LogP contribution in [0.4, 0.5) is 0 Å². The fraction of sp³-hybridized carbons (Fsp3) is 0.944. The molecule has 0 saturated heterocycles. The molecule has 0 spiro atoms. The second-order valence-electron chi connectivity index (χ2n) is 7.37. The van der Waals surface area contributed by atoms with Crippen LogP contribution in [0.5, 0.6) is 0 Å². The summed E-state index contributed by atoms with van der Waals surface area (Å²) in [5, 5.41) is 0. The van der Waals surface area contributed by atoms with Crippen molar-refractivity contribution in [2.75, 3.05) is 18.6 Å². The van der Waals surface area contributed by atoms with Crippen LogP contribution in [0, 0.1) is 11.8 Å². The summed E-state index contributed by atoms with van der Waals surface area (Å²) in [6, 6.07) is 0.493. The van der Waals surface area contributed by atoms with Gasteiger partial charge in [-0.2, -0.15) is 10.5 Å². The first kappa shape index (κ1) is 17.5. The molecule has 0 heterocycles. The highest BCUT2D eigenvalue weighted by atomic mass is 32.2. The molecule has 2 N–H and O–H groups in total. The summed E-state index contributed by atoms with van der Waals surface area (Å²) in [4.78, 5) is 0. The number of hydrogen-bond acceptors (Lipinski definition) is 2. The second-order valence-corrected chi connectivity index (χ2v) is 9.34. The molecule has 0 aromatic carbocycles. The Labute approximate surface area is 134 Å². The third kappa shape index (κ3) is 6.83. The molecular formula is C18H35NOS. The van der Waals surface area contributed by atoms with Crippen LogP contribution >= 0.6 is 10.5 Å². The molecule has 1 unspecified atom stereocenters. The maximum atomic E-state index is 6.05. The first-order valence-electron chi connectivity index (χ1n) is 8.93. The van der Waals surface area contributed by atoms with Crippen LogP contribution in [-0.2, 0) is 4.74 Å². The van der Waals surface area contributed by atoms with Crippen molar-refractivity contribution in [2.24, 2.45) is 17.6 Å². The molecule has 2 rings (SSSR count). The number of ether oxygens (including phenoxy) is 1. The van der Waals surface area contributed by atoms with Crippen molar-refractivity contribution in [3.63, 3.8) is 0 Å². The quantitative estimate of drug-likeness (QED) is 0.565. The Morgan fingerprint density at radius 3 is 2.14 bits per heavy atom. The summed E-state index contributed by atoms with van der Waals surface area (Å²) in [6.45, 7) is 0.947. The van der Waals surface area contributed by atoms with Gasteiger partial charge in [0.1, 0.15) is 0 Å². The van der Waals surface area contributed by atoms with Crippen molar-refractivity contribution >= 4 is 16.4 Å². The van der Waals surface area contributed by atoms with Crippen molar-refractivity contribution in [1.29, 1.82) is 0 Å². The largest absolute Gasteiger partial charge is 0.378 e. The molecule has 0 aromatic rings. The van der Waals surface area contributed by atoms with Crippen molar-refractivity contribution in [3.05, 3.63) is 0 Å². The molecule has 2 nitrogen and oxygen atoms in total. The summed E-state index contributed by atoms with van der Waals surface area (Å²) < 4.78 is 6.05. The second kappa shape index (κ2) is 9.32. The summed E-state index contributed by atoms with van der Waals surface area (Å²) >= 11 is 0. The fourth-order valence-corrected chi connectivity index (χ4v) is 4.60. The van der Waals surface area contributed by atoms with Crippen LogP contribution in [0.1, 0.15) is 64.2 Å². The zero-order chi connectivity index (χ0) is 15.1. The van der Waals surface area contributed by atoms with E-state index in [-0.39, 0.29) is 0 Å². The maximum Gasteiger partial charge on any atom is 0.0575 e. The van der Waals surface area contributed by atoms with Gasteiger partial charge in [0.05, 0.1) is 6.10 Å². The lowest BCUT2D eigenvalue weighted by Crippen LogP contribution is -2.28. The van der Waals surface area contributed by atoms with Gasteiger partial charge in [-0.1, -0.05) is 5.87 Å². The minimum absolute atomic E-state index is 0.326. The molecule has 124 valence electrons. The first-order chi connectivity index (χ1) is 10.1. The Balaban J connectivity index is 1.54. The molecule has 1 atom stereocenters. The molecule has 0 aromatic heterocycles. The van der Waals surface area contributed by atoms with E-state index >= 15 is 0 Å². The highest BCUT2D eigenvalue weighted by molar-refractivity contribution is 8.13. The number of nitrogens with two attached hydrogens (primary N) is 1. The summed E-state index contributed by atoms with van der Waals surface area (Å²) in [5.41, 5.74) is 6.00. The van der Waals surface area contributed by atoms with Crippen molar-refractivity contribution in [2.45, 2.75) is 76.4 Å². The van der Waals surface area contributed by atoms with E-state index in [1.54, 1.807) is 0 Å². The minimum Gasteiger partial charge on any atom is -0.378 e. The van der Waals surface area contributed by atoms with Gasteiger partial charge in [0.15, 0.2) is 0 Å². The molecule has 2 saturated carbocycles. The van der Waals surface area contributed by atoms with E-state index in [1.807, 2.05) is 0 Å². The van der Waals surface area contributed by atoms with Gasteiger partial charge >= 0.3 is 0 Å². The Morgan fingerprint density at radius 2 is 1.57 bits per heavy atom. The summed E-state index contributed by atoms with van der Waals surface area (Å²) in [5.74, 6) is 7.21. The molecule has 2 aliphatic carbocycles. The average molecular weight is 314 g/mol. The van der Waals surface area contributed by atoms with E-state index < -0.39 is 0 Å². The Morgan fingerprint density at radius 1 is 1.00 bits per heavy atom. The molecule has 0 aliphatic heterocycles. The minimum atomic E-state index is 0.326. The van der Waals surface area contributed by atoms with Crippen molar-refractivity contribution < 1.29 is 4.74 Å². The van der Waals surface area contributed by atoms with E-state index in [9.17, 15) is 0 Å². The molecule has 0 radical (unpaired) electrons. The Bertz CT molecular complexity index is 304. The van der Waals surface area contributed by atoms with Gasteiger partial charge in [0.25, 0.3) is 0 Å². The Hall–Kier alpha value is 0.140. The van der Waals surface area contributed by atoms with E-state index in [0.717, 1.165) is 18.4 Å². The van der Waals surface area contributed by atoms with Gasteiger partial charge in [-0.25, -0.2) is 0 Å². The highest BCUT2D eigenvalue weighted by Gasteiger charge is 2.26. The normalized spacial score (nSPS) is 35.5. The molecule has 3 heteroatoms. The monoisotopic (exact) mass is 313 g/mol. The highest BCUT2D eigenvalue weighted by Crippen LogP contribution is 2.35. The predicted molar refractivity (Wildman–Crippen MR) is 96.4 cm³/mol. The van der Waals surface area contributed by atoms with Gasteiger partial charge < -0.3 is 10.5 Å². The van der Waals surface area contributed by atoms with Crippen LogP contribution < -0.4 is 5.73 Å². The first-order valence-corrected chi connectivity index (χ1v) is 10.9. The third-order valence-corrected chi connectivity index (χ3v) is 6.33. The van der Waals surface area contributed by atoms with E-state index in [1.165, 1.54) is 70.0 Å². The maximum absolute atomic E-state index is 6.05. The standard InChI is InChI=1S/C18H35NOS/c1-21(2)13-3-12-20-18-10-6-16(7-11-18)14-15-4-8-17(19)9-5-15/h15-18H,1,3-14,19H2,2H3. The average Bonchev–Trinajstić information content (AvgIpc) is 2.47. The Kier molecular flexibility index (Phi) is 7.76. The van der Waals surface area contributed by atoms with E-state index in [4.69, 9.17) is 10.5 Å². The summed E-state index contributed by atoms with van der Waals surface area (Å²) in [7, 11) is 0.326. The number of hydrogen-bond donors (Lipinski definition) is 1. The van der Waals surface area contributed by atoms with Crippen LogP contribution in [0.25, 0.3) is 0 Å². The molecule has 2 aliphatic rings. The summed E-state index contributed by atoms with van der Waals surface area (Å²) in [6.07, 6.45) is 16.0. The zero-order valence-electron chi connectivity index (χ0n) is 13.9. The smallest absolute Gasteiger partial charge is 0.0575 e. The molecule has 21 heavy (non-hydrogen) atoms. The van der Waals surface area contributed by atoms with E-state index in [2.05, 4.69) is 12.1 Å². The van der Waals surface area contributed by atoms with Crippen LogP contribution in [0.2, 0.25) is 0 Å². The topological polar surface area (TPSA) is 35.2 Å².